The molecule has 0 saturated heterocycles. The molecular formula is C10H13N3S. The van der Waals surface area contributed by atoms with E-state index in [1.54, 1.807) is 11.3 Å². The summed E-state index contributed by atoms with van der Waals surface area (Å²) >= 11 is 1.73. The fourth-order valence-electron chi connectivity index (χ4n) is 1.40. The Kier molecular flexibility index (Phi) is 2.15. The smallest absolute Gasteiger partial charge is 0.127 e. The van der Waals surface area contributed by atoms with Crippen LogP contribution in [0, 0.1) is 20.8 Å². The summed E-state index contributed by atoms with van der Waals surface area (Å²) in [6.45, 7) is 6.16. The minimum absolute atomic E-state index is 1.04. The molecule has 0 saturated carbocycles. The van der Waals surface area contributed by atoms with Gasteiger partial charge in [0.25, 0.3) is 0 Å². The number of nitrogens with zero attached hydrogens (tertiary/aromatic N) is 3. The second-order valence-corrected chi connectivity index (χ2v) is 4.67. The molecule has 0 bridgehead atoms. The molecule has 0 radical (unpaired) electrons. The average Bonchev–Trinajstić information content (AvgIpc) is 2.57. The molecule has 74 valence electrons. The number of rotatable bonds is 1. The average molecular weight is 207 g/mol. The zero-order valence-corrected chi connectivity index (χ0v) is 9.64. The van der Waals surface area contributed by atoms with Crippen LogP contribution in [-0.4, -0.2) is 14.8 Å². The van der Waals surface area contributed by atoms with Crippen LogP contribution in [-0.2, 0) is 7.05 Å². The fourth-order valence-corrected chi connectivity index (χ4v) is 2.37. The minimum Gasteiger partial charge on any atom is -0.275 e. The normalized spacial score (nSPS) is 10.9. The van der Waals surface area contributed by atoms with Crippen LogP contribution in [0.3, 0.4) is 0 Å². The van der Waals surface area contributed by atoms with Gasteiger partial charge in [0.2, 0.25) is 0 Å². The van der Waals surface area contributed by atoms with Crippen molar-refractivity contribution in [3.05, 3.63) is 22.5 Å². The highest BCUT2D eigenvalue weighted by molar-refractivity contribution is 7.15. The predicted molar refractivity (Wildman–Crippen MR) is 58.5 cm³/mol. The van der Waals surface area contributed by atoms with Crippen LogP contribution in [0.15, 0.2) is 6.20 Å². The van der Waals surface area contributed by atoms with Crippen molar-refractivity contribution in [2.24, 2.45) is 7.05 Å². The molecule has 0 amide bonds. The summed E-state index contributed by atoms with van der Waals surface area (Å²) < 4.78 is 1.83. The second kappa shape index (κ2) is 3.20. The van der Waals surface area contributed by atoms with Crippen LogP contribution >= 0.6 is 11.3 Å². The molecule has 0 N–H and O–H groups in total. The van der Waals surface area contributed by atoms with Gasteiger partial charge < -0.3 is 0 Å². The molecule has 0 aliphatic heterocycles. The third-order valence-electron chi connectivity index (χ3n) is 2.27. The first-order valence-corrected chi connectivity index (χ1v) is 5.34. The summed E-state index contributed by atoms with van der Waals surface area (Å²) in [5.74, 6) is 0. The van der Waals surface area contributed by atoms with Gasteiger partial charge in [-0.25, -0.2) is 4.98 Å². The molecule has 0 spiro atoms. The van der Waals surface area contributed by atoms with Crippen LogP contribution in [0.25, 0.3) is 10.6 Å². The lowest BCUT2D eigenvalue weighted by molar-refractivity contribution is 0.756. The molecule has 0 aliphatic rings. The number of hydrogen-bond donors (Lipinski definition) is 0. The van der Waals surface area contributed by atoms with Crippen molar-refractivity contribution in [1.82, 2.24) is 14.8 Å². The molecule has 0 aromatic carbocycles. The lowest BCUT2D eigenvalue weighted by Crippen LogP contribution is -1.86. The van der Waals surface area contributed by atoms with Gasteiger partial charge in [0.05, 0.1) is 17.0 Å². The molecule has 2 heterocycles. The Morgan fingerprint density at radius 1 is 1.21 bits per heavy atom. The first-order chi connectivity index (χ1) is 6.58. The van der Waals surface area contributed by atoms with Gasteiger partial charge in [-0.3, -0.25) is 4.68 Å². The highest BCUT2D eigenvalue weighted by Gasteiger charge is 2.11. The van der Waals surface area contributed by atoms with E-state index < -0.39 is 0 Å². The quantitative estimate of drug-likeness (QED) is 0.719. The largest absolute Gasteiger partial charge is 0.275 e. The van der Waals surface area contributed by atoms with E-state index in [-0.39, 0.29) is 0 Å². The number of hydrogen-bond acceptors (Lipinski definition) is 3. The zero-order valence-electron chi connectivity index (χ0n) is 8.83. The third kappa shape index (κ3) is 1.46. The Morgan fingerprint density at radius 3 is 2.36 bits per heavy atom. The van der Waals surface area contributed by atoms with E-state index >= 15 is 0 Å². The Morgan fingerprint density at radius 2 is 1.93 bits per heavy atom. The lowest BCUT2D eigenvalue weighted by atomic mass is 10.3. The Labute approximate surface area is 87.4 Å². The first kappa shape index (κ1) is 9.40. The van der Waals surface area contributed by atoms with E-state index in [4.69, 9.17) is 0 Å². The van der Waals surface area contributed by atoms with Crippen molar-refractivity contribution in [3.8, 4) is 10.6 Å². The Bertz CT molecular complexity index is 448. The van der Waals surface area contributed by atoms with E-state index in [1.807, 2.05) is 31.8 Å². The summed E-state index contributed by atoms with van der Waals surface area (Å²) in [6, 6.07) is 0. The van der Waals surface area contributed by atoms with Gasteiger partial charge in [-0.15, -0.1) is 11.3 Å². The molecule has 2 rings (SSSR count). The van der Waals surface area contributed by atoms with Gasteiger partial charge in [0.1, 0.15) is 5.01 Å². The summed E-state index contributed by atoms with van der Waals surface area (Å²) in [6.07, 6.45) is 2.02. The van der Waals surface area contributed by atoms with Crippen LogP contribution in [0.1, 0.15) is 16.3 Å². The molecular weight excluding hydrogens is 194 g/mol. The first-order valence-electron chi connectivity index (χ1n) is 4.52. The van der Waals surface area contributed by atoms with Crippen LogP contribution < -0.4 is 0 Å². The standard InChI is InChI=1S/C10H13N3S/c1-6-8(3)14-10(11-6)9-5-13(4)12-7(9)2/h5H,1-4H3. The lowest BCUT2D eigenvalue weighted by Gasteiger charge is -1.89. The van der Waals surface area contributed by atoms with Crippen LogP contribution in [0.4, 0.5) is 0 Å². The predicted octanol–water partition coefficient (Wildman–Crippen LogP) is 2.47. The number of aromatic nitrogens is 3. The van der Waals surface area contributed by atoms with Gasteiger partial charge in [0.15, 0.2) is 0 Å². The maximum atomic E-state index is 4.52. The molecule has 0 aliphatic carbocycles. The monoisotopic (exact) mass is 207 g/mol. The fraction of sp³-hybridized carbons (Fsp3) is 0.400. The van der Waals surface area contributed by atoms with E-state index in [1.165, 1.54) is 4.88 Å². The van der Waals surface area contributed by atoms with Crippen molar-refractivity contribution in [3.63, 3.8) is 0 Å². The Balaban J connectivity index is 2.54. The topological polar surface area (TPSA) is 30.7 Å². The van der Waals surface area contributed by atoms with Gasteiger partial charge in [-0.05, 0) is 20.8 Å². The van der Waals surface area contributed by atoms with Gasteiger partial charge >= 0.3 is 0 Å². The molecule has 2 aromatic rings. The minimum atomic E-state index is 1.04. The van der Waals surface area contributed by atoms with Crippen LogP contribution in [0.5, 0.6) is 0 Å². The summed E-state index contributed by atoms with van der Waals surface area (Å²) in [5.41, 5.74) is 3.31. The van der Waals surface area contributed by atoms with E-state index in [2.05, 4.69) is 17.0 Å². The molecule has 2 aromatic heterocycles. The molecule has 4 heteroatoms. The van der Waals surface area contributed by atoms with Crippen molar-refractivity contribution in [2.45, 2.75) is 20.8 Å². The maximum Gasteiger partial charge on any atom is 0.127 e. The SMILES string of the molecule is Cc1nn(C)cc1-c1nc(C)c(C)s1. The molecule has 0 unspecified atom stereocenters. The van der Waals surface area contributed by atoms with E-state index in [9.17, 15) is 0 Å². The van der Waals surface area contributed by atoms with Gasteiger partial charge in [-0.2, -0.15) is 5.10 Å². The summed E-state index contributed by atoms with van der Waals surface area (Å²) in [4.78, 5) is 5.80. The molecule has 3 nitrogen and oxygen atoms in total. The second-order valence-electron chi connectivity index (χ2n) is 3.46. The van der Waals surface area contributed by atoms with Crippen molar-refractivity contribution >= 4 is 11.3 Å². The van der Waals surface area contributed by atoms with Gasteiger partial charge in [-0.1, -0.05) is 0 Å². The number of thiazole rings is 1. The van der Waals surface area contributed by atoms with Crippen molar-refractivity contribution in [2.75, 3.05) is 0 Å². The maximum absolute atomic E-state index is 4.52. The highest BCUT2D eigenvalue weighted by Crippen LogP contribution is 2.28. The number of aryl methyl sites for hydroxylation is 4. The van der Waals surface area contributed by atoms with Crippen molar-refractivity contribution in [1.29, 1.82) is 0 Å². The Hall–Kier alpha value is -1.16. The van der Waals surface area contributed by atoms with E-state index in [0.29, 0.717) is 0 Å². The summed E-state index contributed by atoms with van der Waals surface area (Å²) in [7, 11) is 1.93. The molecule has 0 fully saturated rings. The van der Waals surface area contributed by atoms with Gasteiger partial charge in [0, 0.05) is 18.1 Å². The van der Waals surface area contributed by atoms with Crippen LogP contribution in [0.2, 0.25) is 0 Å². The van der Waals surface area contributed by atoms with Crippen molar-refractivity contribution < 1.29 is 0 Å². The highest BCUT2D eigenvalue weighted by atomic mass is 32.1. The summed E-state index contributed by atoms with van der Waals surface area (Å²) in [5, 5.41) is 5.38. The van der Waals surface area contributed by atoms with E-state index in [0.717, 1.165) is 22.0 Å². The zero-order chi connectivity index (χ0) is 10.3. The molecule has 14 heavy (non-hydrogen) atoms. The third-order valence-corrected chi connectivity index (χ3v) is 3.38. The molecule has 0 atom stereocenters.